The van der Waals surface area contributed by atoms with Gasteiger partial charge in [-0.25, -0.2) is 4.79 Å². The first kappa shape index (κ1) is 26.7. The van der Waals surface area contributed by atoms with Gasteiger partial charge in [0, 0.05) is 5.57 Å². The number of amides is 1. The summed E-state index contributed by atoms with van der Waals surface area (Å²) in [5, 5.41) is 2.86. The van der Waals surface area contributed by atoms with Crippen LogP contribution in [0, 0.1) is 0 Å². The van der Waals surface area contributed by atoms with Gasteiger partial charge in [0.1, 0.15) is 5.94 Å². The second kappa shape index (κ2) is 20.4. The molecule has 0 heterocycles. The predicted octanol–water partition coefficient (Wildman–Crippen LogP) is 7.09. The van der Waals surface area contributed by atoms with Gasteiger partial charge in [-0.15, -0.1) is 0 Å². The summed E-state index contributed by atoms with van der Waals surface area (Å²) in [5.41, 5.74) is 0.653. The molecule has 3 nitrogen and oxygen atoms in total. The highest BCUT2D eigenvalue weighted by atomic mass is 16.1. The van der Waals surface area contributed by atoms with Crippen molar-refractivity contribution in [1.29, 1.82) is 0 Å². The molecule has 1 unspecified atom stereocenters. The summed E-state index contributed by atoms with van der Waals surface area (Å²) in [6, 6.07) is -0.185. The van der Waals surface area contributed by atoms with E-state index in [4.69, 9.17) is 0 Å². The fourth-order valence-corrected chi connectivity index (χ4v) is 3.67. The Hall–Kier alpha value is -1.34. The quantitative estimate of drug-likeness (QED) is 0.137. The van der Waals surface area contributed by atoms with Gasteiger partial charge in [0.2, 0.25) is 5.91 Å². The molecule has 0 spiro atoms. The van der Waals surface area contributed by atoms with Crippen LogP contribution < -0.4 is 5.32 Å². The van der Waals surface area contributed by atoms with E-state index in [1.165, 1.54) is 89.5 Å². The molecule has 0 saturated heterocycles. The second-order valence-corrected chi connectivity index (χ2v) is 7.98. The number of carbonyl (C=O) groups is 1. The van der Waals surface area contributed by atoms with Crippen LogP contribution in [0.2, 0.25) is 0 Å². The van der Waals surface area contributed by atoms with Crippen LogP contribution in [0.15, 0.2) is 18.2 Å². The van der Waals surface area contributed by atoms with Gasteiger partial charge < -0.3 is 5.32 Å². The van der Waals surface area contributed by atoms with Crippen molar-refractivity contribution >= 4 is 11.8 Å². The van der Waals surface area contributed by atoms with Gasteiger partial charge in [-0.2, -0.15) is 0 Å². The van der Waals surface area contributed by atoms with Gasteiger partial charge in [-0.05, 0) is 18.9 Å². The molecule has 0 fully saturated rings. The van der Waals surface area contributed by atoms with E-state index in [2.05, 4.69) is 18.8 Å². The molecule has 28 heavy (non-hydrogen) atoms. The van der Waals surface area contributed by atoms with Crippen LogP contribution in [-0.2, 0) is 9.59 Å². The summed E-state index contributed by atoms with van der Waals surface area (Å²) in [6.45, 7) is 7.68. The van der Waals surface area contributed by atoms with E-state index >= 15 is 0 Å². The minimum absolute atomic E-state index is 0.185. The van der Waals surface area contributed by atoms with E-state index in [1.807, 2.05) is 12.9 Å². The van der Waals surface area contributed by atoms with Crippen molar-refractivity contribution in [2.45, 2.75) is 129 Å². The number of hydrogen-bond donors (Lipinski definition) is 1. The van der Waals surface area contributed by atoms with Crippen molar-refractivity contribution in [2.24, 2.45) is 0 Å². The van der Waals surface area contributed by atoms with Crippen molar-refractivity contribution in [3.05, 3.63) is 18.2 Å². The zero-order valence-corrected chi connectivity index (χ0v) is 18.7. The SMILES string of the molecule is C=CC(=O)NC(CCCCCCCCCCCCCCCCC)C(=C=O)CC. The molecule has 3 heteroatoms. The third-order valence-electron chi connectivity index (χ3n) is 5.53. The molecule has 1 atom stereocenters. The Morgan fingerprint density at radius 1 is 0.821 bits per heavy atom. The molecule has 0 aliphatic rings. The number of nitrogens with one attached hydrogen (secondary N) is 1. The van der Waals surface area contributed by atoms with E-state index in [0.29, 0.717) is 12.0 Å². The molecule has 1 N–H and O–H groups in total. The Labute approximate surface area is 174 Å². The molecule has 0 bridgehead atoms. The average Bonchev–Trinajstić information content (AvgIpc) is 2.71. The lowest BCUT2D eigenvalue weighted by atomic mass is 9.98. The lowest BCUT2D eigenvalue weighted by Crippen LogP contribution is -2.35. The maximum absolute atomic E-state index is 11.5. The molecule has 162 valence electrons. The zero-order valence-electron chi connectivity index (χ0n) is 18.7. The molecule has 0 rings (SSSR count). The molecule has 1 amide bonds. The first-order valence-electron chi connectivity index (χ1n) is 11.9. The summed E-state index contributed by atoms with van der Waals surface area (Å²) in [7, 11) is 0. The summed E-state index contributed by atoms with van der Waals surface area (Å²) in [4.78, 5) is 22.6. The maximum Gasteiger partial charge on any atom is 0.243 e. The maximum atomic E-state index is 11.5. The first-order chi connectivity index (χ1) is 13.7. The lowest BCUT2D eigenvalue weighted by molar-refractivity contribution is -0.117. The van der Waals surface area contributed by atoms with Crippen molar-refractivity contribution in [2.75, 3.05) is 0 Å². The summed E-state index contributed by atoms with van der Waals surface area (Å²) in [6.07, 6.45) is 22.8. The Kier molecular flexibility index (Phi) is 19.4. The fourth-order valence-electron chi connectivity index (χ4n) is 3.67. The number of rotatable bonds is 20. The minimum atomic E-state index is -0.216. The van der Waals surface area contributed by atoms with E-state index in [-0.39, 0.29) is 11.9 Å². The normalized spacial score (nSPS) is 11.6. The summed E-state index contributed by atoms with van der Waals surface area (Å²) >= 11 is 0. The van der Waals surface area contributed by atoms with E-state index in [1.54, 1.807) is 0 Å². The molecule has 0 saturated carbocycles. The highest BCUT2D eigenvalue weighted by Gasteiger charge is 2.15. The number of unbranched alkanes of at least 4 members (excludes halogenated alkanes) is 14. The smallest absolute Gasteiger partial charge is 0.243 e. The van der Waals surface area contributed by atoms with Crippen LogP contribution in [0.1, 0.15) is 123 Å². The molecule has 0 aromatic heterocycles. The fraction of sp³-hybridized carbons (Fsp3) is 0.800. The van der Waals surface area contributed by atoms with Gasteiger partial charge in [0.15, 0.2) is 0 Å². The van der Waals surface area contributed by atoms with Crippen LogP contribution in [-0.4, -0.2) is 17.9 Å². The van der Waals surface area contributed by atoms with Crippen LogP contribution >= 0.6 is 0 Å². The Morgan fingerprint density at radius 2 is 1.25 bits per heavy atom. The second-order valence-electron chi connectivity index (χ2n) is 7.98. The molecule has 0 aliphatic carbocycles. The summed E-state index contributed by atoms with van der Waals surface area (Å²) < 4.78 is 0. The van der Waals surface area contributed by atoms with Crippen LogP contribution in [0.25, 0.3) is 0 Å². The molecular formula is C25H45NO2. The number of hydrogen-bond acceptors (Lipinski definition) is 2. The highest BCUT2D eigenvalue weighted by molar-refractivity contribution is 5.87. The van der Waals surface area contributed by atoms with Crippen molar-refractivity contribution < 1.29 is 9.59 Å². The monoisotopic (exact) mass is 391 g/mol. The molecular weight excluding hydrogens is 346 g/mol. The van der Waals surface area contributed by atoms with Crippen LogP contribution in [0.4, 0.5) is 0 Å². The molecule has 0 aliphatic heterocycles. The topological polar surface area (TPSA) is 46.2 Å². The van der Waals surface area contributed by atoms with Gasteiger partial charge in [-0.3, -0.25) is 4.79 Å². The summed E-state index contributed by atoms with van der Waals surface area (Å²) in [5.74, 6) is 1.79. The number of carbonyl (C=O) groups excluding carboxylic acids is 2. The van der Waals surface area contributed by atoms with Gasteiger partial charge in [0.25, 0.3) is 0 Å². The van der Waals surface area contributed by atoms with Crippen molar-refractivity contribution in [3.8, 4) is 0 Å². The largest absolute Gasteiger partial charge is 0.345 e. The molecule has 0 radical (unpaired) electrons. The van der Waals surface area contributed by atoms with Gasteiger partial charge >= 0.3 is 0 Å². The standard InChI is InChI=1S/C25H45NO2/c1-4-7-8-9-10-11-12-13-14-15-16-17-18-19-20-21-24(23(5-2)22-27)26-25(28)6-3/h6,24H,3-5,7-21H2,1-2H3,(H,26,28). The van der Waals surface area contributed by atoms with Crippen LogP contribution in [0.5, 0.6) is 0 Å². The average molecular weight is 392 g/mol. The van der Waals surface area contributed by atoms with Gasteiger partial charge in [-0.1, -0.05) is 117 Å². The highest BCUT2D eigenvalue weighted by Crippen LogP contribution is 2.16. The zero-order chi connectivity index (χ0) is 20.9. The van der Waals surface area contributed by atoms with Crippen molar-refractivity contribution in [1.82, 2.24) is 5.32 Å². The first-order valence-corrected chi connectivity index (χ1v) is 11.9. The Balaban J connectivity index is 3.59. The van der Waals surface area contributed by atoms with Crippen LogP contribution in [0.3, 0.4) is 0 Å². The van der Waals surface area contributed by atoms with Crippen molar-refractivity contribution in [3.63, 3.8) is 0 Å². The third-order valence-corrected chi connectivity index (χ3v) is 5.53. The minimum Gasteiger partial charge on any atom is -0.345 e. The van der Waals surface area contributed by atoms with E-state index in [0.717, 1.165) is 19.3 Å². The van der Waals surface area contributed by atoms with E-state index < -0.39 is 0 Å². The Bertz CT molecular complexity index is 438. The third kappa shape index (κ3) is 15.7. The van der Waals surface area contributed by atoms with Gasteiger partial charge in [0.05, 0.1) is 6.04 Å². The predicted molar refractivity (Wildman–Crippen MR) is 121 cm³/mol. The lowest BCUT2D eigenvalue weighted by Gasteiger charge is -2.18. The molecule has 0 aromatic carbocycles. The molecule has 0 aromatic rings. The van der Waals surface area contributed by atoms with E-state index in [9.17, 15) is 9.59 Å². The Morgan fingerprint density at radius 3 is 1.61 bits per heavy atom.